The van der Waals surface area contributed by atoms with E-state index in [-0.39, 0.29) is 11.8 Å². The number of anilines is 1. The van der Waals surface area contributed by atoms with Crippen molar-refractivity contribution in [3.8, 4) is 5.75 Å². The lowest BCUT2D eigenvalue weighted by atomic mass is 10.1. The molecule has 1 aromatic carbocycles. The van der Waals surface area contributed by atoms with Crippen LogP contribution in [0.3, 0.4) is 0 Å². The fraction of sp³-hybridized carbons (Fsp3) is 0.478. The normalized spacial score (nSPS) is 18.8. The Labute approximate surface area is 182 Å². The van der Waals surface area contributed by atoms with Gasteiger partial charge in [0.15, 0.2) is 0 Å². The summed E-state index contributed by atoms with van der Waals surface area (Å²) < 4.78 is 5.50. The van der Waals surface area contributed by atoms with Gasteiger partial charge >= 0.3 is 0 Å². The number of rotatable bonds is 5. The fourth-order valence-corrected chi connectivity index (χ4v) is 4.46. The molecule has 0 radical (unpaired) electrons. The summed E-state index contributed by atoms with van der Waals surface area (Å²) in [5.41, 5.74) is 7.91. The van der Waals surface area contributed by atoms with Crippen LogP contribution in [0.15, 0.2) is 24.4 Å². The van der Waals surface area contributed by atoms with Gasteiger partial charge in [0.1, 0.15) is 11.6 Å². The van der Waals surface area contributed by atoms with Crippen molar-refractivity contribution in [2.75, 3.05) is 38.2 Å². The SMILES string of the molecule is COc1ccc(N2CCCCC2)cc1C(=O)N1CCC(c2ncc(C(N)=O)c(C)n2)C1. The highest BCUT2D eigenvalue weighted by molar-refractivity contribution is 5.98. The number of piperidine rings is 1. The number of nitrogens with zero attached hydrogens (tertiary/aromatic N) is 4. The average molecular weight is 424 g/mol. The molecule has 2 saturated heterocycles. The van der Waals surface area contributed by atoms with Gasteiger partial charge in [0, 0.05) is 44.0 Å². The molecule has 8 nitrogen and oxygen atoms in total. The highest BCUT2D eigenvalue weighted by Crippen LogP contribution is 2.31. The van der Waals surface area contributed by atoms with Crippen LogP contribution in [0.2, 0.25) is 0 Å². The number of methoxy groups -OCH3 is 1. The number of aromatic nitrogens is 2. The van der Waals surface area contributed by atoms with Crippen LogP contribution in [0.25, 0.3) is 0 Å². The number of hydrogen-bond acceptors (Lipinski definition) is 6. The third-order valence-corrected chi connectivity index (χ3v) is 6.24. The number of primary amides is 1. The maximum absolute atomic E-state index is 13.4. The number of amides is 2. The second-order valence-corrected chi connectivity index (χ2v) is 8.26. The summed E-state index contributed by atoms with van der Waals surface area (Å²) in [6.45, 7) is 4.94. The minimum atomic E-state index is -0.534. The molecule has 8 heteroatoms. The number of aryl methyl sites for hydroxylation is 1. The maximum atomic E-state index is 13.4. The number of hydrogen-bond donors (Lipinski definition) is 1. The second kappa shape index (κ2) is 8.91. The van der Waals surface area contributed by atoms with E-state index in [1.807, 2.05) is 23.1 Å². The zero-order valence-electron chi connectivity index (χ0n) is 18.1. The van der Waals surface area contributed by atoms with Crippen LogP contribution >= 0.6 is 0 Å². The topological polar surface area (TPSA) is 102 Å². The summed E-state index contributed by atoms with van der Waals surface area (Å²) in [6, 6.07) is 5.88. The van der Waals surface area contributed by atoms with Crippen molar-refractivity contribution in [3.63, 3.8) is 0 Å². The van der Waals surface area contributed by atoms with Crippen LogP contribution in [0, 0.1) is 6.92 Å². The van der Waals surface area contributed by atoms with E-state index in [0.29, 0.717) is 41.5 Å². The molecule has 1 aromatic heterocycles. The van der Waals surface area contributed by atoms with Gasteiger partial charge < -0.3 is 20.3 Å². The van der Waals surface area contributed by atoms with Crippen LogP contribution in [-0.2, 0) is 0 Å². The third kappa shape index (κ3) is 4.33. The van der Waals surface area contributed by atoms with Gasteiger partial charge in [-0.1, -0.05) is 0 Å². The lowest BCUT2D eigenvalue weighted by molar-refractivity contribution is 0.0787. The van der Waals surface area contributed by atoms with Gasteiger partial charge in [-0.25, -0.2) is 9.97 Å². The van der Waals surface area contributed by atoms with Crippen LogP contribution in [0.1, 0.15) is 63.8 Å². The second-order valence-electron chi connectivity index (χ2n) is 8.26. The molecular weight excluding hydrogens is 394 g/mol. The van der Waals surface area contributed by atoms with Gasteiger partial charge in [-0.15, -0.1) is 0 Å². The van der Waals surface area contributed by atoms with Crippen molar-refractivity contribution < 1.29 is 14.3 Å². The minimum absolute atomic E-state index is 0.0286. The molecule has 164 valence electrons. The summed E-state index contributed by atoms with van der Waals surface area (Å²) in [5.74, 6) is 0.691. The van der Waals surface area contributed by atoms with Crippen molar-refractivity contribution in [1.82, 2.24) is 14.9 Å². The molecule has 2 amide bonds. The third-order valence-electron chi connectivity index (χ3n) is 6.24. The van der Waals surface area contributed by atoms with E-state index in [2.05, 4.69) is 14.9 Å². The molecule has 2 aliphatic heterocycles. The summed E-state index contributed by atoms with van der Waals surface area (Å²) >= 11 is 0. The van der Waals surface area contributed by atoms with Crippen molar-refractivity contribution in [1.29, 1.82) is 0 Å². The van der Waals surface area contributed by atoms with E-state index in [1.54, 1.807) is 14.0 Å². The van der Waals surface area contributed by atoms with Crippen LogP contribution < -0.4 is 15.4 Å². The number of carbonyl (C=O) groups excluding carboxylic acids is 2. The first-order chi connectivity index (χ1) is 15.0. The molecule has 31 heavy (non-hydrogen) atoms. The summed E-state index contributed by atoms with van der Waals surface area (Å²) in [5, 5.41) is 0. The monoisotopic (exact) mass is 423 g/mol. The molecule has 0 spiro atoms. The highest BCUT2D eigenvalue weighted by atomic mass is 16.5. The number of nitrogens with two attached hydrogens (primary N) is 1. The van der Waals surface area contributed by atoms with Crippen LogP contribution in [-0.4, -0.2) is 60.0 Å². The van der Waals surface area contributed by atoms with E-state index in [9.17, 15) is 9.59 Å². The van der Waals surface area contributed by atoms with Crippen molar-refractivity contribution in [3.05, 3.63) is 47.0 Å². The number of ether oxygens (including phenoxy) is 1. The van der Waals surface area contributed by atoms with Gasteiger partial charge in [0.25, 0.3) is 11.8 Å². The Morgan fingerprint density at radius 2 is 1.90 bits per heavy atom. The zero-order chi connectivity index (χ0) is 22.0. The molecule has 2 fully saturated rings. The molecule has 2 aromatic rings. The molecule has 2 aliphatic rings. The van der Waals surface area contributed by atoms with E-state index in [4.69, 9.17) is 10.5 Å². The number of carbonyl (C=O) groups is 2. The lowest BCUT2D eigenvalue weighted by Gasteiger charge is -2.29. The average Bonchev–Trinajstić information content (AvgIpc) is 3.29. The Morgan fingerprint density at radius 1 is 1.13 bits per heavy atom. The predicted octanol–water partition coefficient (Wildman–Crippen LogP) is 2.51. The molecular formula is C23H29N5O3. The fourth-order valence-electron chi connectivity index (χ4n) is 4.46. The standard InChI is InChI=1S/C23H29N5O3/c1-15-19(21(24)29)13-25-22(26-15)16-8-11-28(14-16)23(30)18-12-17(6-7-20(18)31-2)27-9-4-3-5-10-27/h6-7,12-13,16H,3-5,8-11,14H2,1-2H3,(H2,24,29). The highest BCUT2D eigenvalue weighted by Gasteiger charge is 2.31. The van der Waals surface area contributed by atoms with Crippen LogP contribution in [0.4, 0.5) is 5.69 Å². The van der Waals surface area contributed by atoms with Gasteiger partial charge in [-0.05, 0) is 50.8 Å². The molecule has 1 unspecified atom stereocenters. The molecule has 0 saturated carbocycles. The molecule has 4 rings (SSSR count). The van der Waals surface area contributed by atoms with Gasteiger partial charge in [-0.2, -0.15) is 0 Å². The van der Waals surface area contributed by atoms with Crippen molar-refractivity contribution >= 4 is 17.5 Å². The smallest absolute Gasteiger partial charge is 0.257 e. The summed E-state index contributed by atoms with van der Waals surface area (Å²) in [7, 11) is 1.59. The quantitative estimate of drug-likeness (QED) is 0.793. The number of benzene rings is 1. The Morgan fingerprint density at radius 3 is 2.58 bits per heavy atom. The molecule has 0 aliphatic carbocycles. The van der Waals surface area contributed by atoms with Gasteiger partial charge in [0.05, 0.1) is 23.9 Å². The van der Waals surface area contributed by atoms with Crippen molar-refractivity contribution in [2.45, 2.75) is 38.5 Å². The van der Waals surface area contributed by atoms with Crippen LogP contribution in [0.5, 0.6) is 5.75 Å². The zero-order valence-corrected chi connectivity index (χ0v) is 18.1. The Bertz CT molecular complexity index is 987. The Hall–Kier alpha value is -3.16. The Balaban J connectivity index is 1.52. The van der Waals surface area contributed by atoms with E-state index in [1.165, 1.54) is 25.5 Å². The van der Waals surface area contributed by atoms with Crippen molar-refractivity contribution in [2.24, 2.45) is 5.73 Å². The predicted molar refractivity (Wildman–Crippen MR) is 118 cm³/mol. The first-order valence-corrected chi connectivity index (χ1v) is 10.8. The van der Waals surface area contributed by atoms with E-state index >= 15 is 0 Å². The summed E-state index contributed by atoms with van der Waals surface area (Å²) in [6.07, 6.45) is 5.87. The van der Waals surface area contributed by atoms with E-state index < -0.39 is 5.91 Å². The van der Waals surface area contributed by atoms with Gasteiger partial charge in [-0.3, -0.25) is 9.59 Å². The minimum Gasteiger partial charge on any atom is -0.496 e. The van der Waals surface area contributed by atoms with E-state index in [0.717, 1.165) is 25.2 Å². The Kier molecular flexibility index (Phi) is 6.06. The lowest BCUT2D eigenvalue weighted by Crippen LogP contribution is -2.31. The summed E-state index contributed by atoms with van der Waals surface area (Å²) in [4.78, 5) is 37.8. The molecule has 1 atom stereocenters. The first-order valence-electron chi connectivity index (χ1n) is 10.8. The maximum Gasteiger partial charge on any atom is 0.257 e. The molecule has 0 bridgehead atoms. The first kappa shape index (κ1) is 21.1. The largest absolute Gasteiger partial charge is 0.496 e. The number of likely N-dealkylation sites (tertiary alicyclic amines) is 1. The molecule has 3 heterocycles. The molecule has 2 N–H and O–H groups in total. The van der Waals surface area contributed by atoms with Gasteiger partial charge in [0.2, 0.25) is 0 Å².